The standard InChI is InChI=1S/C12H13IN4O2/c1-2-7-18-11-15-10(14)16-12(17-11)19-9-6-4-3-5-8(9)13/h3-6H,2,7H2,1H3,(H2,14,15,16,17). The molecule has 0 fully saturated rings. The summed E-state index contributed by atoms with van der Waals surface area (Å²) in [6, 6.07) is 7.85. The fourth-order valence-electron chi connectivity index (χ4n) is 1.28. The molecular weight excluding hydrogens is 359 g/mol. The number of anilines is 1. The van der Waals surface area contributed by atoms with Crippen LogP contribution in [0.3, 0.4) is 0 Å². The zero-order chi connectivity index (χ0) is 13.7. The molecule has 2 rings (SSSR count). The van der Waals surface area contributed by atoms with Crippen LogP contribution in [0, 0.1) is 3.57 Å². The second-order valence-electron chi connectivity index (χ2n) is 3.64. The first-order valence-corrected chi connectivity index (χ1v) is 6.83. The first-order valence-electron chi connectivity index (χ1n) is 5.75. The molecule has 2 aromatic rings. The van der Waals surface area contributed by atoms with E-state index in [1.807, 2.05) is 31.2 Å². The predicted molar refractivity (Wildman–Crippen MR) is 79.3 cm³/mol. The number of aromatic nitrogens is 3. The minimum Gasteiger partial charge on any atom is -0.463 e. The van der Waals surface area contributed by atoms with Crippen LogP contribution in [0.2, 0.25) is 0 Å². The van der Waals surface area contributed by atoms with Crippen LogP contribution in [-0.2, 0) is 0 Å². The quantitative estimate of drug-likeness (QED) is 0.813. The molecular formula is C12H13IN4O2. The molecule has 1 aromatic heterocycles. The van der Waals surface area contributed by atoms with E-state index >= 15 is 0 Å². The van der Waals surface area contributed by atoms with Crippen molar-refractivity contribution in [1.29, 1.82) is 0 Å². The van der Waals surface area contributed by atoms with Gasteiger partial charge in [-0.15, -0.1) is 4.98 Å². The Morgan fingerprint density at radius 3 is 2.63 bits per heavy atom. The average molecular weight is 372 g/mol. The minimum atomic E-state index is 0.0713. The van der Waals surface area contributed by atoms with Gasteiger partial charge in [-0.05, 0) is 41.1 Å². The molecule has 1 heterocycles. The summed E-state index contributed by atoms with van der Waals surface area (Å²) in [5, 5.41) is 0. The van der Waals surface area contributed by atoms with Crippen molar-refractivity contribution in [3.05, 3.63) is 27.8 Å². The van der Waals surface area contributed by atoms with E-state index in [0.29, 0.717) is 12.4 Å². The Bertz CT molecular complexity index is 565. The fraction of sp³-hybridized carbons (Fsp3) is 0.250. The van der Waals surface area contributed by atoms with E-state index in [-0.39, 0.29) is 18.0 Å². The van der Waals surface area contributed by atoms with Crippen molar-refractivity contribution in [1.82, 2.24) is 15.0 Å². The lowest BCUT2D eigenvalue weighted by Gasteiger charge is -2.07. The van der Waals surface area contributed by atoms with Crippen molar-refractivity contribution >= 4 is 28.5 Å². The van der Waals surface area contributed by atoms with Gasteiger partial charge in [-0.2, -0.15) is 9.97 Å². The van der Waals surface area contributed by atoms with Crippen molar-refractivity contribution in [2.24, 2.45) is 0 Å². The van der Waals surface area contributed by atoms with Crippen molar-refractivity contribution in [2.75, 3.05) is 12.3 Å². The Morgan fingerprint density at radius 2 is 1.89 bits per heavy atom. The molecule has 2 N–H and O–H groups in total. The van der Waals surface area contributed by atoms with Crippen LogP contribution in [0.15, 0.2) is 24.3 Å². The molecule has 0 aliphatic carbocycles. The Hall–Kier alpha value is -1.64. The molecule has 100 valence electrons. The molecule has 0 atom stereocenters. The number of nitrogen functional groups attached to an aromatic ring is 1. The van der Waals surface area contributed by atoms with Gasteiger partial charge in [0.2, 0.25) is 5.95 Å². The highest BCUT2D eigenvalue weighted by atomic mass is 127. The van der Waals surface area contributed by atoms with Crippen molar-refractivity contribution in [3.63, 3.8) is 0 Å². The monoisotopic (exact) mass is 372 g/mol. The van der Waals surface area contributed by atoms with E-state index < -0.39 is 0 Å². The van der Waals surface area contributed by atoms with Crippen LogP contribution >= 0.6 is 22.6 Å². The molecule has 0 aliphatic rings. The number of ether oxygens (including phenoxy) is 2. The number of hydrogen-bond donors (Lipinski definition) is 1. The molecule has 0 radical (unpaired) electrons. The maximum absolute atomic E-state index is 5.60. The molecule has 0 saturated heterocycles. The van der Waals surface area contributed by atoms with Gasteiger partial charge in [0, 0.05) is 0 Å². The normalized spacial score (nSPS) is 10.2. The minimum absolute atomic E-state index is 0.0713. The van der Waals surface area contributed by atoms with Gasteiger partial charge in [-0.25, -0.2) is 0 Å². The number of rotatable bonds is 5. The van der Waals surface area contributed by atoms with Gasteiger partial charge < -0.3 is 15.2 Å². The zero-order valence-electron chi connectivity index (χ0n) is 10.3. The summed E-state index contributed by atoms with van der Waals surface area (Å²) in [5.41, 5.74) is 5.60. The summed E-state index contributed by atoms with van der Waals surface area (Å²) in [4.78, 5) is 11.9. The van der Waals surface area contributed by atoms with Gasteiger partial charge in [0.05, 0.1) is 10.2 Å². The lowest BCUT2D eigenvalue weighted by Crippen LogP contribution is -2.06. The number of hydrogen-bond acceptors (Lipinski definition) is 6. The summed E-state index contributed by atoms with van der Waals surface area (Å²) in [6.45, 7) is 2.51. The molecule has 0 amide bonds. The molecule has 7 heteroatoms. The first kappa shape index (κ1) is 13.8. The molecule has 0 unspecified atom stereocenters. The van der Waals surface area contributed by atoms with E-state index in [1.165, 1.54) is 0 Å². The van der Waals surface area contributed by atoms with Crippen LogP contribution in [0.5, 0.6) is 17.8 Å². The predicted octanol–water partition coefficient (Wildman–Crippen LogP) is 2.64. The molecule has 0 spiro atoms. The second-order valence-corrected chi connectivity index (χ2v) is 4.80. The molecule has 0 aliphatic heterocycles. The van der Waals surface area contributed by atoms with Crippen molar-refractivity contribution < 1.29 is 9.47 Å². The summed E-state index contributed by atoms with van der Waals surface area (Å²) in [5.74, 6) is 0.734. The number of nitrogens with zero attached hydrogens (tertiary/aromatic N) is 3. The first-order chi connectivity index (χ1) is 9.19. The summed E-state index contributed by atoms with van der Waals surface area (Å²) < 4.78 is 11.9. The number of para-hydroxylation sites is 1. The maximum atomic E-state index is 5.60. The zero-order valence-corrected chi connectivity index (χ0v) is 12.5. The van der Waals surface area contributed by atoms with E-state index in [9.17, 15) is 0 Å². The van der Waals surface area contributed by atoms with E-state index in [4.69, 9.17) is 15.2 Å². The number of benzene rings is 1. The highest BCUT2D eigenvalue weighted by molar-refractivity contribution is 14.1. The summed E-state index contributed by atoms with van der Waals surface area (Å²) in [6.07, 6.45) is 0.859. The highest BCUT2D eigenvalue weighted by Gasteiger charge is 2.09. The third-order valence-corrected chi connectivity index (χ3v) is 2.98. The molecule has 6 nitrogen and oxygen atoms in total. The van der Waals surface area contributed by atoms with E-state index in [1.54, 1.807) is 0 Å². The molecule has 19 heavy (non-hydrogen) atoms. The van der Waals surface area contributed by atoms with Crippen LogP contribution in [0.25, 0.3) is 0 Å². The van der Waals surface area contributed by atoms with Crippen LogP contribution in [-0.4, -0.2) is 21.6 Å². The average Bonchev–Trinajstić information content (AvgIpc) is 2.38. The Kier molecular flexibility index (Phi) is 4.72. The smallest absolute Gasteiger partial charge is 0.330 e. The van der Waals surface area contributed by atoms with Gasteiger partial charge in [0.25, 0.3) is 0 Å². The fourth-order valence-corrected chi connectivity index (χ4v) is 1.78. The summed E-state index contributed by atoms with van der Waals surface area (Å²) >= 11 is 2.17. The largest absolute Gasteiger partial charge is 0.463 e. The van der Waals surface area contributed by atoms with Gasteiger partial charge in [-0.1, -0.05) is 19.1 Å². The van der Waals surface area contributed by atoms with E-state index in [0.717, 1.165) is 9.99 Å². The Labute approximate surface area is 124 Å². The number of halogens is 1. The van der Waals surface area contributed by atoms with Gasteiger partial charge >= 0.3 is 12.0 Å². The highest BCUT2D eigenvalue weighted by Crippen LogP contribution is 2.25. The molecule has 0 bridgehead atoms. The van der Waals surface area contributed by atoms with Gasteiger partial charge in [0.1, 0.15) is 5.75 Å². The topological polar surface area (TPSA) is 83.2 Å². The van der Waals surface area contributed by atoms with Crippen LogP contribution in [0.4, 0.5) is 5.95 Å². The van der Waals surface area contributed by atoms with Gasteiger partial charge in [0.15, 0.2) is 0 Å². The third kappa shape index (κ3) is 3.91. The van der Waals surface area contributed by atoms with Crippen molar-refractivity contribution in [3.8, 4) is 17.8 Å². The lowest BCUT2D eigenvalue weighted by molar-refractivity contribution is 0.285. The maximum Gasteiger partial charge on any atom is 0.330 e. The summed E-state index contributed by atoms with van der Waals surface area (Å²) in [7, 11) is 0. The lowest BCUT2D eigenvalue weighted by atomic mass is 10.3. The van der Waals surface area contributed by atoms with Crippen LogP contribution < -0.4 is 15.2 Å². The Morgan fingerprint density at radius 1 is 1.16 bits per heavy atom. The molecule has 1 aromatic carbocycles. The Balaban J connectivity index is 2.20. The third-order valence-electron chi connectivity index (χ3n) is 2.08. The number of nitrogens with two attached hydrogens (primary N) is 1. The van der Waals surface area contributed by atoms with Crippen molar-refractivity contribution in [2.45, 2.75) is 13.3 Å². The SMILES string of the molecule is CCCOc1nc(N)nc(Oc2ccccc2I)n1. The van der Waals surface area contributed by atoms with Gasteiger partial charge in [-0.3, -0.25) is 0 Å². The second kappa shape index (κ2) is 6.50. The van der Waals surface area contributed by atoms with E-state index in [2.05, 4.69) is 37.5 Å². The van der Waals surface area contributed by atoms with Crippen LogP contribution in [0.1, 0.15) is 13.3 Å². The molecule has 0 saturated carbocycles.